The Morgan fingerprint density at radius 1 is 0.963 bits per heavy atom. The Hall–Kier alpha value is -0.790. The van der Waals surface area contributed by atoms with Gasteiger partial charge in [-0.3, -0.25) is 4.90 Å². The Morgan fingerprint density at radius 2 is 1.67 bits per heavy atom. The Labute approximate surface area is 181 Å². The lowest BCUT2D eigenvalue weighted by Gasteiger charge is -2.32. The molecule has 4 rings (SSSR count). The number of fused-ring (bicyclic) bond motifs is 1. The molecule has 0 bridgehead atoms. The monoisotopic (exact) mass is 507 g/mol. The second-order valence-electron chi connectivity index (χ2n) is 7.09. The van der Waals surface area contributed by atoms with Crippen LogP contribution in [0.25, 0.3) is 10.9 Å². The molecule has 142 valence electrons. The second kappa shape index (κ2) is 8.70. The Kier molecular flexibility index (Phi) is 6.29. The first-order valence-electron chi connectivity index (χ1n) is 9.17. The molecule has 6 heteroatoms. The molecule has 0 saturated carbocycles. The van der Waals surface area contributed by atoms with Gasteiger partial charge >= 0.3 is 0 Å². The molecule has 1 N–H and O–H groups in total. The largest absolute Gasteiger partial charge is 0.357 e. The fraction of sp³-hybridized carbons (Fsp3) is 0.333. The number of piperazine rings is 1. The molecule has 3 nitrogen and oxygen atoms in total. The molecular formula is C21H23Br2N3S. The van der Waals surface area contributed by atoms with Crippen molar-refractivity contribution in [1.29, 1.82) is 0 Å². The van der Waals surface area contributed by atoms with Crippen LogP contribution in [-0.4, -0.2) is 48.0 Å². The molecule has 0 aliphatic carbocycles. The highest BCUT2D eigenvalue weighted by Crippen LogP contribution is 2.32. The summed E-state index contributed by atoms with van der Waals surface area (Å²) in [6.45, 7) is 5.58. The summed E-state index contributed by atoms with van der Waals surface area (Å²) >= 11 is 9.05. The predicted octanol–water partition coefficient (Wildman–Crippen LogP) is 5.73. The molecule has 2 heterocycles. The van der Waals surface area contributed by atoms with Crippen molar-refractivity contribution in [2.24, 2.45) is 0 Å². The van der Waals surface area contributed by atoms with Crippen LogP contribution >= 0.6 is 43.6 Å². The summed E-state index contributed by atoms with van der Waals surface area (Å²) in [5.41, 5.74) is 4.02. The number of likely N-dealkylation sites (N-methyl/N-ethyl adjacent to an activating group) is 1. The maximum absolute atomic E-state index is 3.68. The van der Waals surface area contributed by atoms with E-state index in [1.165, 1.54) is 27.1 Å². The summed E-state index contributed by atoms with van der Waals surface area (Å²) in [5.74, 6) is 0.955. The molecule has 1 aliphatic rings. The Balaban J connectivity index is 1.59. The van der Waals surface area contributed by atoms with E-state index in [0.29, 0.717) is 0 Å². The third-order valence-electron chi connectivity index (χ3n) is 5.13. The number of hydrogen-bond acceptors (Lipinski definition) is 3. The molecule has 2 aromatic carbocycles. The lowest BCUT2D eigenvalue weighted by molar-refractivity contribution is 0.148. The van der Waals surface area contributed by atoms with Crippen LogP contribution in [0.4, 0.5) is 0 Å². The minimum Gasteiger partial charge on any atom is -0.357 e. The highest BCUT2D eigenvalue weighted by molar-refractivity contribution is 9.10. The molecule has 0 radical (unpaired) electrons. The van der Waals surface area contributed by atoms with Crippen molar-refractivity contribution in [3.8, 4) is 0 Å². The van der Waals surface area contributed by atoms with Gasteiger partial charge in [0, 0.05) is 68.9 Å². The van der Waals surface area contributed by atoms with Crippen LogP contribution in [0, 0.1) is 0 Å². The average Bonchev–Trinajstić information content (AvgIpc) is 3.00. The first-order valence-corrected chi connectivity index (χ1v) is 11.7. The summed E-state index contributed by atoms with van der Waals surface area (Å²) in [5, 5.41) is 1.34. The number of aromatic amines is 1. The summed E-state index contributed by atoms with van der Waals surface area (Å²) in [6, 6.07) is 15.1. The van der Waals surface area contributed by atoms with Gasteiger partial charge in [-0.1, -0.05) is 31.9 Å². The number of H-pyrrole nitrogens is 1. The second-order valence-corrected chi connectivity index (χ2v) is 9.97. The smallest absolute Gasteiger partial charge is 0.0460 e. The molecule has 0 atom stereocenters. The first-order chi connectivity index (χ1) is 13.1. The SMILES string of the molecule is CN1CCN(Cc2c(CSc3ccc(Br)cc3)[nH]c3ccc(Br)cc23)CC1. The summed E-state index contributed by atoms with van der Waals surface area (Å²) in [4.78, 5) is 9.97. The maximum Gasteiger partial charge on any atom is 0.0460 e. The first kappa shape index (κ1) is 19.5. The van der Waals surface area contributed by atoms with Crippen molar-refractivity contribution in [1.82, 2.24) is 14.8 Å². The zero-order chi connectivity index (χ0) is 18.8. The van der Waals surface area contributed by atoms with Gasteiger partial charge in [0.1, 0.15) is 0 Å². The van der Waals surface area contributed by atoms with E-state index in [0.717, 1.165) is 47.4 Å². The Morgan fingerprint density at radius 3 is 2.41 bits per heavy atom. The van der Waals surface area contributed by atoms with Crippen LogP contribution in [0.5, 0.6) is 0 Å². The van der Waals surface area contributed by atoms with Crippen molar-refractivity contribution in [2.75, 3.05) is 33.2 Å². The predicted molar refractivity (Wildman–Crippen MR) is 122 cm³/mol. The van der Waals surface area contributed by atoms with E-state index in [-0.39, 0.29) is 0 Å². The van der Waals surface area contributed by atoms with Crippen LogP contribution in [-0.2, 0) is 12.3 Å². The van der Waals surface area contributed by atoms with E-state index in [1.807, 2.05) is 11.8 Å². The fourth-order valence-electron chi connectivity index (χ4n) is 3.50. The van der Waals surface area contributed by atoms with Crippen LogP contribution in [0.1, 0.15) is 11.3 Å². The van der Waals surface area contributed by atoms with Crippen LogP contribution < -0.4 is 0 Å². The van der Waals surface area contributed by atoms with Gasteiger partial charge < -0.3 is 9.88 Å². The van der Waals surface area contributed by atoms with Gasteiger partial charge in [-0.15, -0.1) is 11.8 Å². The zero-order valence-electron chi connectivity index (χ0n) is 15.3. The molecular weight excluding hydrogens is 486 g/mol. The van der Waals surface area contributed by atoms with E-state index in [9.17, 15) is 0 Å². The number of nitrogens with zero attached hydrogens (tertiary/aromatic N) is 2. The van der Waals surface area contributed by atoms with E-state index in [4.69, 9.17) is 0 Å². The minimum absolute atomic E-state index is 0.955. The van der Waals surface area contributed by atoms with Gasteiger partial charge in [-0.2, -0.15) is 0 Å². The van der Waals surface area contributed by atoms with Gasteiger partial charge in [0.15, 0.2) is 0 Å². The third kappa shape index (κ3) is 4.80. The number of halogens is 2. The van der Waals surface area contributed by atoms with E-state index in [2.05, 4.69) is 96.2 Å². The fourth-order valence-corrected chi connectivity index (χ4v) is 5.01. The number of hydrogen-bond donors (Lipinski definition) is 1. The van der Waals surface area contributed by atoms with Crippen molar-refractivity contribution < 1.29 is 0 Å². The van der Waals surface area contributed by atoms with Crippen molar-refractivity contribution >= 4 is 54.5 Å². The van der Waals surface area contributed by atoms with Crippen molar-refractivity contribution in [2.45, 2.75) is 17.2 Å². The molecule has 1 aliphatic heterocycles. The Bertz CT molecular complexity index is 915. The molecule has 0 unspecified atom stereocenters. The summed E-state index contributed by atoms with van der Waals surface area (Å²) < 4.78 is 2.26. The number of rotatable bonds is 5. The van der Waals surface area contributed by atoms with Crippen molar-refractivity contribution in [3.05, 3.63) is 62.7 Å². The van der Waals surface area contributed by atoms with Crippen LogP contribution in [0.15, 0.2) is 56.3 Å². The van der Waals surface area contributed by atoms with E-state index < -0.39 is 0 Å². The molecule has 0 spiro atoms. The van der Waals surface area contributed by atoms with Gasteiger partial charge in [-0.25, -0.2) is 0 Å². The van der Waals surface area contributed by atoms with Gasteiger partial charge in [-0.05, 0) is 55.1 Å². The number of thioether (sulfide) groups is 1. The number of nitrogens with one attached hydrogen (secondary N) is 1. The molecule has 1 aromatic heterocycles. The molecule has 3 aromatic rings. The molecule has 1 saturated heterocycles. The average molecular weight is 509 g/mol. The number of aromatic nitrogens is 1. The third-order valence-corrected chi connectivity index (χ3v) is 7.19. The summed E-state index contributed by atoms with van der Waals surface area (Å²) in [6.07, 6.45) is 0. The molecule has 0 amide bonds. The normalized spacial score (nSPS) is 16.3. The maximum atomic E-state index is 3.68. The quantitative estimate of drug-likeness (QED) is 0.444. The van der Waals surface area contributed by atoms with Gasteiger partial charge in [0.2, 0.25) is 0 Å². The van der Waals surface area contributed by atoms with E-state index in [1.54, 1.807) is 0 Å². The summed E-state index contributed by atoms with van der Waals surface area (Å²) in [7, 11) is 2.21. The lowest BCUT2D eigenvalue weighted by atomic mass is 10.1. The topological polar surface area (TPSA) is 22.3 Å². The van der Waals surface area contributed by atoms with Crippen molar-refractivity contribution in [3.63, 3.8) is 0 Å². The van der Waals surface area contributed by atoms with Gasteiger partial charge in [0.25, 0.3) is 0 Å². The molecule has 27 heavy (non-hydrogen) atoms. The minimum atomic E-state index is 0.955. The number of benzene rings is 2. The zero-order valence-corrected chi connectivity index (χ0v) is 19.3. The molecule has 1 fully saturated rings. The highest BCUT2D eigenvalue weighted by Gasteiger charge is 2.19. The van der Waals surface area contributed by atoms with Crippen LogP contribution in [0.3, 0.4) is 0 Å². The highest BCUT2D eigenvalue weighted by atomic mass is 79.9. The standard InChI is InChI=1S/C21H23Br2N3S/c1-25-8-10-26(11-9-25)13-19-18-12-16(23)4-7-20(18)24-21(19)14-27-17-5-2-15(22)3-6-17/h2-7,12,24H,8-11,13-14H2,1H3. The van der Waals surface area contributed by atoms with Crippen LogP contribution in [0.2, 0.25) is 0 Å². The van der Waals surface area contributed by atoms with E-state index >= 15 is 0 Å². The van der Waals surface area contributed by atoms with Gasteiger partial charge in [0.05, 0.1) is 0 Å². The lowest BCUT2D eigenvalue weighted by Crippen LogP contribution is -2.43.